The van der Waals surface area contributed by atoms with Gasteiger partial charge in [-0.05, 0) is 37.6 Å². The molecular weight excluding hydrogens is 248 g/mol. The van der Waals surface area contributed by atoms with Crippen molar-refractivity contribution in [3.05, 3.63) is 48.3 Å². The normalized spacial score (nSPS) is 16.1. The van der Waals surface area contributed by atoms with Gasteiger partial charge in [-0.15, -0.1) is 0 Å². The molecule has 0 amide bonds. The van der Waals surface area contributed by atoms with Crippen molar-refractivity contribution in [2.75, 3.05) is 36.0 Å². The molecule has 1 fully saturated rings. The predicted octanol–water partition coefficient (Wildman–Crippen LogP) is 2.50. The standard InChI is InChI=1S/C16H20N4/c1-14-6-4-8-16(18-14)20-11-5-10-19(12-13-20)15-7-2-3-9-17-15/h2-4,6-9H,5,10-13H2,1H3. The number of anilines is 2. The van der Waals surface area contributed by atoms with E-state index in [2.05, 4.69) is 38.0 Å². The average Bonchev–Trinajstić information content (AvgIpc) is 2.74. The smallest absolute Gasteiger partial charge is 0.128 e. The maximum Gasteiger partial charge on any atom is 0.128 e. The molecule has 2 aromatic rings. The van der Waals surface area contributed by atoms with Crippen molar-refractivity contribution in [2.45, 2.75) is 13.3 Å². The molecule has 0 atom stereocenters. The van der Waals surface area contributed by atoms with Gasteiger partial charge in [0.05, 0.1) is 0 Å². The van der Waals surface area contributed by atoms with Gasteiger partial charge >= 0.3 is 0 Å². The largest absolute Gasteiger partial charge is 0.355 e. The molecule has 3 rings (SSSR count). The minimum absolute atomic E-state index is 0.993. The fraction of sp³-hybridized carbons (Fsp3) is 0.375. The summed E-state index contributed by atoms with van der Waals surface area (Å²) < 4.78 is 0. The zero-order valence-corrected chi connectivity index (χ0v) is 11.9. The lowest BCUT2D eigenvalue weighted by Gasteiger charge is -2.23. The Balaban J connectivity index is 1.71. The first kappa shape index (κ1) is 12.9. The van der Waals surface area contributed by atoms with Crippen LogP contribution in [-0.2, 0) is 0 Å². The highest BCUT2D eigenvalue weighted by molar-refractivity contribution is 5.43. The molecule has 0 unspecified atom stereocenters. The van der Waals surface area contributed by atoms with Crippen molar-refractivity contribution in [2.24, 2.45) is 0 Å². The number of aryl methyl sites for hydroxylation is 1. The van der Waals surface area contributed by atoms with Crippen LogP contribution in [0.4, 0.5) is 11.6 Å². The van der Waals surface area contributed by atoms with Gasteiger partial charge in [-0.3, -0.25) is 0 Å². The number of nitrogens with zero attached hydrogens (tertiary/aromatic N) is 4. The summed E-state index contributed by atoms with van der Waals surface area (Å²) >= 11 is 0. The predicted molar refractivity (Wildman–Crippen MR) is 82.3 cm³/mol. The Labute approximate surface area is 120 Å². The molecule has 0 radical (unpaired) electrons. The fourth-order valence-electron chi connectivity index (χ4n) is 2.62. The summed E-state index contributed by atoms with van der Waals surface area (Å²) in [7, 11) is 0. The Bertz CT molecular complexity index is 555. The molecule has 1 aliphatic heterocycles. The van der Waals surface area contributed by atoms with Gasteiger partial charge in [-0.1, -0.05) is 12.1 Å². The second-order valence-electron chi connectivity index (χ2n) is 5.15. The molecule has 0 aromatic carbocycles. The molecule has 0 bridgehead atoms. The first-order chi connectivity index (χ1) is 9.83. The lowest BCUT2D eigenvalue weighted by atomic mass is 10.3. The molecule has 4 heteroatoms. The first-order valence-corrected chi connectivity index (χ1v) is 7.17. The van der Waals surface area contributed by atoms with E-state index in [4.69, 9.17) is 0 Å². The van der Waals surface area contributed by atoms with E-state index in [1.807, 2.05) is 31.3 Å². The van der Waals surface area contributed by atoms with Gasteiger partial charge in [0.15, 0.2) is 0 Å². The monoisotopic (exact) mass is 268 g/mol. The molecule has 104 valence electrons. The van der Waals surface area contributed by atoms with Gasteiger partial charge in [-0.25, -0.2) is 9.97 Å². The summed E-state index contributed by atoms with van der Waals surface area (Å²) in [6.45, 7) is 6.14. The lowest BCUT2D eigenvalue weighted by molar-refractivity contribution is 0.793. The molecule has 20 heavy (non-hydrogen) atoms. The van der Waals surface area contributed by atoms with Crippen molar-refractivity contribution in [3.8, 4) is 0 Å². The molecule has 3 heterocycles. The summed E-state index contributed by atoms with van der Waals surface area (Å²) in [6, 6.07) is 12.3. The maximum absolute atomic E-state index is 4.63. The van der Waals surface area contributed by atoms with Gasteiger partial charge < -0.3 is 9.80 Å². The number of rotatable bonds is 2. The van der Waals surface area contributed by atoms with Crippen LogP contribution in [-0.4, -0.2) is 36.1 Å². The third-order valence-electron chi connectivity index (χ3n) is 3.67. The highest BCUT2D eigenvalue weighted by atomic mass is 15.3. The van der Waals surface area contributed by atoms with Gasteiger partial charge in [0.25, 0.3) is 0 Å². The van der Waals surface area contributed by atoms with E-state index >= 15 is 0 Å². The van der Waals surface area contributed by atoms with E-state index in [1.165, 1.54) is 0 Å². The van der Waals surface area contributed by atoms with E-state index in [0.717, 1.165) is 49.9 Å². The van der Waals surface area contributed by atoms with E-state index < -0.39 is 0 Å². The highest BCUT2D eigenvalue weighted by Gasteiger charge is 2.16. The van der Waals surface area contributed by atoms with E-state index in [1.54, 1.807) is 0 Å². The zero-order chi connectivity index (χ0) is 13.8. The van der Waals surface area contributed by atoms with Crippen LogP contribution in [0.5, 0.6) is 0 Å². The Kier molecular flexibility index (Phi) is 3.81. The van der Waals surface area contributed by atoms with Crippen molar-refractivity contribution in [1.29, 1.82) is 0 Å². The van der Waals surface area contributed by atoms with Gasteiger partial charge in [0, 0.05) is 38.1 Å². The number of hydrogen-bond donors (Lipinski definition) is 0. The number of aromatic nitrogens is 2. The summed E-state index contributed by atoms with van der Waals surface area (Å²) in [5.74, 6) is 2.17. The van der Waals surface area contributed by atoms with Crippen molar-refractivity contribution in [1.82, 2.24) is 9.97 Å². The molecule has 0 spiro atoms. The SMILES string of the molecule is Cc1cccc(N2CCCN(c3ccccn3)CC2)n1. The second kappa shape index (κ2) is 5.90. The van der Waals surface area contributed by atoms with Crippen molar-refractivity contribution in [3.63, 3.8) is 0 Å². The summed E-state index contributed by atoms with van der Waals surface area (Å²) in [5, 5.41) is 0. The molecule has 0 saturated carbocycles. The highest BCUT2D eigenvalue weighted by Crippen LogP contribution is 2.17. The number of pyridine rings is 2. The second-order valence-corrected chi connectivity index (χ2v) is 5.15. The van der Waals surface area contributed by atoms with Gasteiger partial charge in [-0.2, -0.15) is 0 Å². The number of hydrogen-bond acceptors (Lipinski definition) is 4. The van der Waals surface area contributed by atoms with E-state index in [0.29, 0.717) is 0 Å². The average molecular weight is 268 g/mol. The van der Waals surface area contributed by atoms with Crippen LogP contribution in [0.2, 0.25) is 0 Å². The Morgan fingerprint density at radius 1 is 0.850 bits per heavy atom. The molecule has 1 aliphatic rings. The maximum atomic E-state index is 4.63. The van der Waals surface area contributed by atoms with Crippen molar-refractivity contribution < 1.29 is 0 Å². The van der Waals surface area contributed by atoms with Crippen LogP contribution in [0.15, 0.2) is 42.6 Å². The van der Waals surface area contributed by atoms with Crippen LogP contribution in [0.1, 0.15) is 12.1 Å². The fourth-order valence-corrected chi connectivity index (χ4v) is 2.62. The van der Waals surface area contributed by atoms with Crippen LogP contribution >= 0.6 is 0 Å². The molecule has 0 aliphatic carbocycles. The topological polar surface area (TPSA) is 32.3 Å². The lowest BCUT2D eigenvalue weighted by Crippen LogP contribution is -2.31. The van der Waals surface area contributed by atoms with E-state index in [-0.39, 0.29) is 0 Å². The third kappa shape index (κ3) is 2.90. The summed E-state index contributed by atoms with van der Waals surface area (Å²) in [4.78, 5) is 13.8. The Morgan fingerprint density at radius 3 is 2.30 bits per heavy atom. The summed E-state index contributed by atoms with van der Waals surface area (Å²) in [5.41, 5.74) is 1.08. The summed E-state index contributed by atoms with van der Waals surface area (Å²) in [6.07, 6.45) is 2.99. The molecule has 2 aromatic heterocycles. The molecule has 4 nitrogen and oxygen atoms in total. The van der Waals surface area contributed by atoms with Gasteiger partial charge in [0.1, 0.15) is 11.6 Å². The molecule has 1 saturated heterocycles. The first-order valence-electron chi connectivity index (χ1n) is 7.17. The quantitative estimate of drug-likeness (QED) is 0.837. The van der Waals surface area contributed by atoms with Crippen molar-refractivity contribution >= 4 is 11.6 Å². The van der Waals surface area contributed by atoms with Crippen LogP contribution < -0.4 is 9.80 Å². The third-order valence-corrected chi connectivity index (χ3v) is 3.67. The minimum Gasteiger partial charge on any atom is -0.355 e. The molecule has 0 N–H and O–H groups in total. The van der Waals surface area contributed by atoms with Gasteiger partial charge in [0.2, 0.25) is 0 Å². The molecular formula is C16H20N4. The van der Waals surface area contributed by atoms with Crippen LogP contribution in [0.25, 0.3) is 0 Å². The van der Waals surface area contributed by atoms with Crippen LogP contribution in [0.3, 0.4) is 0 Å². The Morgan fingerprint density at radius 2 is 1.60 bits per heavy atom. The minimum atomic E-state index is 0.993. The Hall–Kier alpha value is -2.10. The zero-order valence-electron chi connectivity index (χ0n) is 11.9. The van der Waals surface area contributed by atoms with E-state index in [9.17, 15) is 0 Å². The van der Waals surface area contributed by atoms with Crippen LogP contribution in [0, 0.1) is 6.92 Å².